The van der Waals surface area contributed by atoms with E-state index in [1.54, 1.807) is 6.20 Å². The van der Waals surface area contributed by atoms with Crippen molar-refractivity contribution in [1.82, 2.24) is 9.97 Å². The average Bonchev–Trinajstić information content (AvgIpc) is 2.74. The number of rotatable bonds is 2. The second kappa shape index (κ2) is 4.06. The number of non-ortho nitro benzene ring substituents is 1. The molecular weight excluding hydrogens is 220 g/mol. The van der Waals surface area contributed by atoms with Gasteiger partial charge in [-0.1, -0.05) is 0 Å². The van der Waals surface area contributed by atoms with E-state index < -0.39 is 4.92 Å². The Morgan fingerprint density at radius 2 is 2.29 bits per heavy atom. The van der Waals surface area contributed by atoms with Crippen molar-refractivity contribution in [2.75, 3.05) is 0 Å². The van der Waals surface area contributed by atoms with Crippen molar-refractivity contribution in [3.63, 3.8) is 0 Å². The zero-order chi connectivity index (χ0) is 12.4. The number of hydrogen-bond donors (Lipinski definition) is 1. The van der Waals surface area contributed by atoms with Gasteiger partial charge in [0, 0.05) is 29.6 Å². The van der Waals surface area contributed by atoms with Gasteiger partial charge in [0.1, 0.15) is 11.9 Å². The van der Waals surface area contributed by atoms with E-state index in [2.05, 4.69) is 9.97 Å². The fourth-order valence-corrected chi connectivity index (χ4v) is 1.49. The van der Waals surface area contributed by atoms with Crippen molar-refractivity contribution < 1.29 is 4.92 Å². The number of nitriles is 1. The summed E-state index contributed by atoms with van der Waals surface area (Å²) in [5.74, 6) is 0.536. The molecule has 0 saturated heterocycles. The number of nitrogens with one attached hydrogen (secondary N) is 1. The van der Waals surface area contributed by atoms with Gasteiger partial charge >= 0.3 is 0 Å². The van der Waals surface area contributed by atoms with Crippen LogP contribution in [-0.2, 0) is 0 Å². The molecular formula is C11H8N4O2. The summed E-state index contributed by atoms with van der Waals surface area (Å²) in [4.78, 5) is 17.1. The van der Waals surface area contributed by atoms with Crippen LogP contribution in [0.4, 0.5) is 5.69 Å². The Balaban J connectivity index is 2.56. The van der Waals surface area contributed by atoms with E-state index in [4.69, 9.17) is 5.26 Å². The van der Waals surface area contributed by atoms with Gasteiger partial charge in [-0.05, 0) is 13.0 Å². The fourth-order valence-electron chi connectivity index (χ4n) is 1.49. The van der Waals surface area contributed by atoms with Crippen LogP contribution in [0.3, 0.4) is 0 Å². The van der Waals surface area contributed by atoms with Crippen LogP contribution < -0.4 is 0 Å². The number of nitro benzene ring substituents is 1. The van der Waals surface area contributed by atoms with Gasteiger partial charge in [-0.15, -0.1) is 0 Å². The number of H-pyrrole nitrogens is 1. The molecule has 0 aliphatic carbocycles. The lowest BCUT2D eigenvalue weighted by Gasteiger charge is -2.00. The first-order chi connectivity index (χ1) is 8.11. The molecule has 2 rings (SSSR count). The summed E-state index contributed by atoms with van der Waals surface area (Å²) in [5, 5.41) is 19.6. The van der Waals surface area contributed by atoms with Crippen molar-refractivity contribution in [1.29, 1.82) is 5.26 Å². The SMILES string of the molecule is Cc1cnc(-c2ccc([N+](=O)[O-])cc2C#N)[nH]1. The minimum Gasteiger partial charge on any atom is -0.342 e. The minimum absolute atomic E-state index is 0.103. The predicted octanol–water partition coefficient (Wildman–Crippen LogP) is 2.16. The molecule has 0 saturated carbocycles. The summed E-state index contributed by atoms with van der Waals surface area (Å²) in [7, 11) is 0. The lowest BCUT2D eigenvalue weighted by Crippen LogP contribution is -1.92. The maximum absolute atomic E-state index is 10.6. The Hall–Kier alpha value is -2.68. The summed E-state index contributed by atoms with van der Waals surface area (Å²) in [5.41, 5.74) is 1.55. The van der Waals surface area contributed by atoms with Gasteiger partial charge in [-0.3, -0.25) is 10.1 Å². The number of nitrogens with zero attached hydrogens (tertiary/aromatic N) is 3. The number of hydrogen-bond acceptors (Lipinski definition) is 4. The Bertz CT molecular complexity index is 625. The molecule has 0 radical (unpaired) electrons. The molecule has 84 valence electrons. The molecule has 0 atom stereocenters. The molecule has 0 aliphatic rings. The van der Waals surface area contributed by atoms with Crippen LogP contribution in [0, 0.1) is 28.4 Å². The molecule has 1 heterocycles. The lowest BCUT2D eigenvalue weighted by molar-refractivity contribution is -0.384. The van der Waals surface area contributed by atoms with Crippen molar-refractivity contribution in [2.45, 2.75) is 6.92 Å². The Morgan fingerprint density at radius 1 is 1.53 bits per heavy atom. The first kappa shape index (κ1) is 10.8. The molecule has 1 aromatic heterocycles. The highest BCUT2D eigenvalue weighted by Crippen LogP contribution is 2.24. The maximum Gasteiger partial charge on any atom is 0.270 e. The van der Waals surface area contributed by atoms with Crippen molar-refractivity contribution >= 4 is 5.69 Å². The largest absolute Gasteiger partial charge is 0.342 e. The Labute approximate surface area is 96.7 Å². The van der Waals surface area contributed by atoms with Crippen LogP contribution in [0.25, 0.3) is 11.4 Å². The molecule has 0 spiro atoms. The van der Waals surface area contributed by atoms with E-state index in [1.807, 2.05) is 13.0 Å². The molecule has 1 aromatic carbocycles. The van der Waals surface area contributed by atoms with E-state index in [0.717, 1.165) is 5.69 Å². The molecule has 0 unspecified atom stereocenters. The van der Waals surface area contributed by atoms with Gasteiger partial charge in [-0.25, -0.2) is 4.98 Å². The molecule has 0 bridgehead atoms. The lowest BCUT2D eigenvalue weighted by atomic mass is 10.1. The zero-order valence-electron chi connectivity index (χ0n) is 8.97. The third-order valence-electron chi connectivity index (χ3n) is 2.29. The third-order valence-corrected chi connectivity index (χ3v) is 2.29. The normalized spacial score (nSPS) is 9.88. The summed E-state index contributed by atoms with van der Waals surface area (Å²) >= 11 is 0. The van der Waals surface area contributed by atoms with E-state index >= 15 is 0 Å². The van der Waals surface area contributed by atoms with Gasteiger partial charge in [0.05, 0.1) is 10.5 Å². The van der Waals surface area contributed by atoms with Gasteiger partial charge in [0.2, 0.25) is 0 Å². The number of aromatic nitrogens is 2. The molecule has 6 nitrogen and oxygen atoms in total. The van der Waals surface area contributed by atoms with E-state index in [1.165, 1.54) is 18.2 Å². The first-order valence-electron chi connectivity index (χ1n) is 4.82. The molecule has 0 amide bonds. The fraction of sp³-hybridized carbons (Fsp3) is 0.0909. The highest BCUT2D eigenvalue weighted by Gasteiger charge is 2.13. The maximum atomic E-state index is 10.6. The number of benzene rings is 1. The topological polar surface area (TPSA) is 95.6 Å². The zero-order valence-corrected chi connectivity index (χ0v) is 8.97. The van der Waals surface area contributed by atoms with E-state index in [0.29, 0.717) is 11.4 Å². The average molecular weight is 228 g/mol. The first-order valence-corrected chi connectivity index (χ1v) is 4.82. The van der Waals surface area contributed by atoms with Gasteiger partial charge in [0.15, 0.2) is 0 Å². The Kier molecular flexibility index (Phi) is 2.58. The number of aromatic amines is 1. The van der Waals surface area contributed by atoms with Gasteiger partial charge in [0.25, 0.3) is 5.69 Å². The van der Waals surface area contributed by atoms with Crippen molar-refractivity contribution in [2.24, 2.45) is 0 Å². The van der Waals surface area contributed by atoms with Crippen LogP contribution in [0.2, 0.25) is 0 Å². The second-order valence-corrected chi connectivity index (χ2v) is 3.51. The minimum atomic E-state index is -0.530. The molecule has 0 aliphatic heterocycles. The van der Waals surface area contributed by atoms with Crippen molar-refractivity contribution in [3.05, 3.63) is 45.8 Å². The van der Waals surface area contributed by atoms with Crippen LogP contribution in [0.5, 0.6) is 0 Å². The smallest absolute Gasteiger partial charge is 0.270 e. The van der Waals surface area contributed by atoms with Gasteiger partial charge in [-0.2, -0.15) is 5.26 Å². The van der Waals surface area contributed by atoms with Gasteiger partial charge < -0.3 is 4.98 Å². The quantitative estimate of drug-likeness (QED) is 0.629. The summed E-state index contributed by atoms with van der Waals surface area (Å²) in [6, 6.07) is 6.06. The summed E-state index contributed by atoms with van der Waals surface area (Å²) < 4.78 is 0. The molecule has 1 N–H and O–H groups in total. The number of aryl methyl sites for hydroxylation is 1. The standard InChI is InChI=1S/C11H8N4O2/c1-7-6-13-11(14-7)10-3-2-9(15(16)17)4-8(10)5-12/h2-4,6H,1H3,(H,13,14). The summed E-state index contributed by atoms with van der Waals surface area (Å²) in [6.45, 7) is 1.84. The third kappa shape index (κ3) is 1.99. The monoisotopic (exact) mass is 228 g/mol. The van der Waals surface area contributed by atoms with Crippen molar-refractivity contribution in [3.8, 4) is 17.5 Å². The molecule has 2 aromatic rings. The van der Waals surface area contributed by atoms with E-state index in [-0.39, 0.29) is 11.3 Å². The molecule has 17 heavy (non-hydrogen) atoms. The number of nitro groups is 1. The van der Waals surface area contributed by atoms with Crippen LogP contribution in [-0.4, -0.2) is 14.9 Å². The highest BCUT2D eigenvalue weighted by molar-refractivity contribution is 5.67. The predicted molar refractivity (Wildman–Crippen MR) is 60.1 cm³/mol. The van der Waals surface area contributed by atoms with Crippen LogP contribution in [0.15, 0.2) is 24.4 Å². The number of imidazole rings is 1. The van der Waals surface area contributed by atoms with E-state index in [9.17, 15) is 10.1 Å². The second-order valence-electron chi connectivity index (χ2n) is 3.51. The molecule has 0 fully saturated rings. The van der Waals surface area contributed by atoms with Crippen LogP contribution in [0.1, 0.15) is 11.3 Å². The summed E-state index contributed by atoms with van der Waals surface area (Å²) in [6.07, 6.45) is 1.64. The molecule has 6 heteroatoms. The van der Waals surface area contributed by atoms with Crippen LogP contribution >= 0.6 is 0 Å². The Morgan fingerprint density at radius 3 is 2.82 bits per heavy atom. The highest BCUT2D eigenvalue weighted by atomic mass is 16.6.